The summed E-state index contributed by atoms with van der Waals surface area (Å²) in [6.45, 7) is 4.61. The van der Waals surface area contributed by atoms with E-state index in [1.807, 2.05) is 36.1 Å². The number of para-hydroxylation sites is 2. The summed E-state index contributed by atoms with van der Waals surface area (Å²) in [5, 5.41) is 0. The number of hydrogen-bond donors (Lipinski definition) is 1. The Labute approximate surface area is 155 Å². The maximum absolute atomic E-state index is 12.8. The first kappa shape index (κ1) is 19.8. The number of ether oxygens (including phenoxy) is 3. The van der Waals surface area contributed by atoms with Crippen molar-refractivity contribution in [3.8, 4) is 11.5 Å². The topological polar surface area (TPSA) is 74.0 Å². The van der Waals surface area contributed by atoms with Gasteiger partial charge in [-0.25, -0.2) is 0 Å². The monoisotopic (exact) mass is 370 g/mol. The second-order valence-corrected chi connectivity index (χ2v) is 6.35. The van der Waals surface area contributed by atoms with E-state index in [0.717, 1.165) is 19.3 Å². The molecule has 140 valence electrons. The average Bonchev–Trinajstić information content (AvgIpc) is 2.61. The number of halogens is 1. The third-order valence-corrected chi connectivity index (χ3v) is 4.54. The smallest absolute Gasteiger partial charge is 0.267 e. The maximum atomic E-state index is 12.8. The molecule has 1 fully saturated rings. The molecule has 2 aliphatic rings. The summed E-state index contributed by atoms with van der Waals surface area (Å²) in [7, 11) is 0. The molecule has 6 nitrogen and oxygen atoms in total. The normalized spacial score (nSPS) is 23.0. The van der Waals surface area contributed by atoms with Gasteiger partial charge in [-0.3, -0.25) is 4.79 Å². The Balaban J connectivity index is 0.00000225. The molecular weight excluding hydrogens is 344 g/mol. The van der Waals surface area contributed by atoms with E-state index in [1.54, 1.807) is 0 Å². The fourth-order valence-electron chi connectivity index (χ4n) is 3.15. The third kappa shape index (κ3) is 4.77. The fourth-order valence-corrected chi connectivity index (χ4v) is 3.15. The maximum Gasteiger partial charge on any atom is 0.267 e. The number of nitrogens with two attached hydrogens (primary N) is 1. The first-order valence-corrected chi connectivity index (χ1v) is 8.72. The first-order chi connectivity index (χ1) is 11.7. The SMILES string of the molecule is CC1Oc2ccccc2OC1C(=O)N1CCC(OCCCN)CC1.Cl. The van der Waals surface area contributed by atoms with E-state index < -0.39 is 6.10 Å². The second-order valence-electron chi connectivity index (χ2n) is 6.35. The number of nitrogens with zero attached hydrogens (tertiary/aromatic N) is 1. The van der Waals surface area contributed by atoms with E-state index in [9.17, 15) is 4.79 Å². The highest BCUT2D eigenvalue weighted by molar-refractivity contribution is 5.85. The largest absolute Gasteiger partial charge is 0.482 e. The Morgan fingerprint density at radius 3 is 2.52 bits per heavy atom. The van der Waals surface area contributed by atoms with Crippen molar-refractivity contribution in [2.24, 2.45) is 5.73 Å². The molecule has 25 heavy (non-hydrogen) atoms. The van der Waals surface area contributed by atoms with Crippen LogP contribution in [0.1, 0.15) is 26.2 Å². The van der Waals surface area contributed by atoms with Gasteiger partial charge < -0.3 is 24.8 Å². The number of rotatable bonds is 5. The minimum absolute atomic E-state index is 0. The number of fused-ring (bicyclic) bond motifs is 1. The van der Waals surface area contributed by atoms with Gasteiger partial charge >= 0.3 is 0 Å². The van der Waals surface area contributed by atoms with Crippen molar-refractivity contribution in [1.82, 2.24) is 4.90 Å². The number of benzene rings is 1. The van der Waals surface area contributed by atoms with Gasteiger partial charge in [0.05, 0.1) is 6.10 Å². The quantitative estimate of drug-likeness (QED) is 0.802. The van der Waals surface area contributed by atoms with Crippen LogP contribution in [0.3, 0.4) is 0 Å². The standard InChI is InChI=1S/C18H26N2O4.ClH/c1-13-17(24-16-6-3-2-5-15(16)23-13)18(21)20-10-7-14(8-11-20)22-12-4-9-19;/h2-3,5-6,13-14,17H,4,7-12,19H2,1H3;1H. The summed E-state index contributed by atoms with van der Waals surface area (Å²) in [5.74, 6) is 1.33. The lowest BCUT2D eigenvalue weighted by Gasteiger charge is -2.37. The molecule has 0 spiro atoms. The molecule has 7 heteroatoms. The van der Waals surface area contributed by atoms with Gasteiger partial charge in [0.15, 0.2) is 11.5 Å². The molecule has 1 saturated heterocycles. The molecular formula is C18H27ClN2O4. The molecule has 2 heterocycles. The van der Waals surface area contributed by atoms with Crippen LogP contribution >= 0.6 is 12.4 Å². The number of carbonyl (C=O) groups is 1. The van der Waals surface area contributed by atoms with Crippen molar-refractivity contribution in [3.63, 3.8) is 0 Å². The van der Waals surface area contributed by atoms with Crippen LogP contribution in [0, 0.1) is 0 Å². The van der Waals surface area contributed by atoms with Gasteiger partial charge in [0.2, 0.25) is 6.10 Å². The van der Waals surface area contributed by atoms with Crippen molar-refractivity contribution >= 4 is 18.3 Å². The highest BCUT2D eigenvalue weighted by Crippen LogP contribution is 2.34. The first-order valence-electron chi connectivity index (χ1n) is 8.72. The van der Waals surface area contributed by atoms with Crippen LogP contribution in [-0.2, 0) is 9.53 Å². The Morgan fingerprint density at radius 1 is 1.24 bits per heavy atom. The fraction of sp³-hybridized carbons (Fsp3) is 0.611. The summed E-state index contributed by atoms with van der Waals surface area (Å²) in [4.78, 5) is 14.7. The van der Waals surface area contributed by atoms with Crippen molar-refractivity contribution < 1.29 is 19.0 Å². The van der Waals surface area contributed by atoms with Gasteiger partial charge in [-0.05, 0) is 44.9 Å². The predicted octanol–water partition coefficient (Wildman–Crippen LogP) is 1.99. The molecule has 3 rings (SSSR count). The summed E-state index contributed by atoms with van der Waals surface area (Å²) in [6, 6.07) is 7.46. The Kier molecular flexibility index (Phi) is 7.35. The Hall–Kier alpha value is -1.50. The van der Waals surface area contributed by atoms with Gasteiger partial charge in [-0.2, -0.15) is 0 Å². The van der Waals surface area contributed by atoms with Crippen molar-refractivity contribution in [1.29, 1.82) is 0 Å². The number of hydrogen-bond acceptors (Lipinski definition) is 5. The van der Waals surface area contributed by atoms with Crippen LogP contribution < -0.4 is 15.2 Å². The van der Waals surface area contributed by atoms with Crippen LogP contribution in [0.15, 0.2) is 24.3 Å². The minimum atomic E-state index is -0.588. The number of likely N-dealkylation sites (tertiary alicyclic amines) is 1. The zero-order valence-electron chi connectivity index (χ0n) is 14.6. The molecule has 2 unspecified atom stereocenters. The molecule has 2 N–H and O–H groups in total. The van der Waals surface area contributed by atoms with E-state index in [0.29, 0.717) is 37.7 Å². The number of piperidine rings is 1. The summed E-state index contributed by atoms with van der Waals surface area (Å²) < 4.78 is 17.5. The summed E-state index contributed by atoms with van der Waals surface area (Å²) in [6.07, 6.45) is 1.93. The number of carbonyl (C=O) groups excluding carboxylic acids is 1. The van der Waals surface area contributed by atoms with Crippen LogP contribution in [0.2, 0.25) is 0 Å². The summed E-state index contributed by atoms with van der Waals surface area (Å²) >= 11 is 0. The second kappa shape index (κ2) is 9.27. The highest BCUT2D eigenvalue weighted by atomic mass is 35.5. The van der Waals surface area contributed by atoms with Crippen LogP contribution in [-0.4, -0.2) is 55.4 Å². The van der Waals surface area contributed by atoms with Crippen LogP contribution in [0.25, 0.3) is 0 Å². The van der Waals surface area contributed by atoms with Crippen molar-refractivity contribution in [2.45, 2.75) is 44.5 Å². The van der Waals surface area contributed by atoms with E-state index in [2.05, 4.69) is 0 Å². The average molecular weight is 371 g/mol. The lowest BCUT2D eigenvalue weighted by atomic mass is 10.1. The summed E-state index contributed by atoms with van der Waals surface area (Å²) in [5.41, 5.74) is 5.48. The minimum Gasteiger partial charge on any atom is -0.482 e. The molecule has 1 aromatic rings. The van der Waals surface area contributed by atoms with Gasteiger partial charge in [0.1, 0.15) is 6.10 Å². The third-order valence-electron chi connectivity index (χ3n) is 4.54. The van der Waals surface area contributed by atoms with E-state index in [-0.39, 0.29) is 30.5 Å². The van der Waals surface area contributed by atoms with E-state index in [1.165, 1.54) is 0 Å². The molecule has 0 radical (unpaired) electrons. The van der Waals surface area contributed by atoms with Crippen molar-refractivity contribution in [2.75, 3.05) is 26.2 Å². The molecule has 1 amide bonds. The Bertz CT molecular complexity index is 564. The molecule has 2 atom stereocenters. The van der Waals surface area contributed by atoms with Crippen LogP contribution in [0.4, 0.5) is 0 Å². The van der Waals surface area contributed by atoms with E-state index >= 15 is 0 Å². The van der Waals surface area contributed by atoms with Gasteiger partial charge in [0, 0.05) is 19.7 Å². The highest BCUT2D eigenvalue weighted by Gasteiger charge is 2.37. The molecule has 0 bridgehead atoms. The number of amides is 1. The molecule has 0 saturated carbocycles. The molecule has 0 aromatic heterocycles. The van der Waals surface area contributed by atoms with Gasteiger partial charge in [0.25, 0.3) is 5.91 Å². The lowest BCUT2D eigenvalue weighted by molar-refractivity contribution is -0.147. The van der Waals surface area contributed by atoms with E-state index in [4.69, 9.17) is 19.9 Å². The van der Waals surface area contributed by atoms with Gasteiger partial charge in [-0.1, -0.05) is 12.1 Å². The molecule has 2 aliphatic heterocycles. The van der Waals surface area contributed by atoms with Crippen molar-refractivity contribution in [3.05, 3.63) is 24.3 Å². The van der Waals surface area contributed by atoms with Crippen LogP contribution in [0.5, 0.6) is 11.5 Å². The molecule has 0 aliphatic carbocycles. The van der Waals surface area contributed by atoms with Gasteiger partial charge in [-0.15, -0.1) is 12.4 Å². The Morgan fingerprint density at radius 2 is 1.88 bits per heavy atom. The predicted molar refractivity (Wildman–Crippen MR) is 97.4 cm³/mol. The zero-order chi connectivity index (χ0) is 16.9. The molecule has 1 aromatic carbocycles. The lowest BCUT2D eigenvalue weighted by Crippen LogP contribution is -2.53. The zero-order valence-corrected chi connectivity index (χ0v) is 15.4.